The molecule has 3 aromatic carbocycles. The molecule has 0 radical (unpaired) electrons. The number of carbonyl (C=O) groups excluding carboxylic acids is 2. The Morgan fingerprint density at radius 1 is 1.00 bits per heavy atom. The number of nitrogens with zero attached hydrogens (tertiary/aromatic N) is 2. The fourth-order valence-electron chi connectivity index (χ4n) is 3.92. The molecule has 0 aliphatic heterocycles. The van der Waals surface area contributed by atoms with Crippen LogP contribution in [0.25, 0.3) is 32.8 Å². The molecule has 1 heterocycles. The summed E-state index contributed by atoms with van der Waals surface area (Å²) in [4.78, 5) is 34.1. The number of carbonyl (C=O) groups is 2. The molecule has 4 rings (SSSR count). The topological polar surface area (TPSA) is 125 Å². The van der Waals surface area contributed by atoms with Gasteiger partial charge in [-0.05, 0) is 12.5 Å². The van der Waals surface area contributed by atoms with Crippen LogP contribution in [0, 0.1) is 0 Å². The molecule has 3 N–H and O–H groups in total. The second-order valence-corrected chi connectivity index (χ2v) is 7.79. The summed E-state index contributed by atoms with van der Waals surface area (Å²) in [6.07, 6.45) is 3.96. The molecule has 0 fully saturated rings. The maximum atomic E-state index is 12.7. The van der Waals surface area contributed by atoms with Gasteiger partial charge in [-0.15, -0.1) is 0 Å². The molecule has 1 aromatic heterocycles. The van der Waals surface area contributed by atoms with E-state index in [1.807, 2.05) is 0 Å². The Hall–Kier alpha value is -3.94. The van der Waals surface area contributed by atoms with Crippen molar-refractivity contribution in [3.63, 3.8) is 0 Å². The minimum absolute atomic E-state index is 0.117. The molecule has 0 spiro atoms. The molecule has 0 aliphatic carbocycles. The second kappa shape index (κ2) is 9.28. The highest BCUT2D eigenvalue weighted by atomic mass is 16.5. The van der Waals surface area contributed by atoms with Crippen LogP contribution in [0.4, 0.5) is 0 Å². The van der Waals surface area contributed by atoms with Gasteiger partial charge in [-0.2, -0.15) is 0 Å². The lowest BCUT2D eigenvalue weighted by molar-refractivity contribution is 0.0494. The van der Waals surface area contributed by atoms with Crippen molar-refractivity contribution >= 4 is 44.7 Å². The Morgan fingerprint density at radius 2 is 1.70 bits per heavy atom. The zero-order valence-electron chi connectivity index (χ0n) is 18.6. The summed E-state index contributed by atoms with van der Waals surface area (Å²) >= 11 is 0. The third-order valence-corrected chi connectivity index (χ3v) is 5.59. The predicted molar refractivity (Wildman–Crippen MR) is 126 cm³/mol. The van der Waals surface area contributed by atoms with E-state index in [2.05, 4.69) is 16.9 Å². The van der Waals surface area contributed by atoms with Gasteiger partial charge in [-0.25, -0.2) is 14.8 Å². The van der Waals surface area contributed by atoms with Gasteiger partial charge in [0.05, 0.1) is 30.3 Å². The number of nitrogens with two attached hydrogens (primary N) is 1. The maximum absolute atomic E-state index is 12.7. The lowest BCUT2D eigenvalue weighted by atomic mass is 10.0. The highest BCUT2D eigenvalue weighted by Gasteiger charge is 2.22. The number of amides is 1. The van der Waals surface area contributed by atoms with E-state index >= 15 is 0 Å². The van der Waals surface area contributed by atoms with E-state index < -0.39 is 11.9 Å². The number of primary amides is 1. The summed E-state index contributed by atoms with van der Waals surface area (Å²) in [7, 11) is 1.46. The van der Waals surface area contributed by atoms with Crippen molar-refractivity contribution in [3.05, 3.63) is 47.5 Å². The van der Waals surface area contributed by atoms with E-state index in [0.717, 1.165) is 25.7 Å². The number of methoxy groups -OCH3 is 1. The zero-order valence-corrected chi connectivity index (χ0v) is 18.6. The quantitative estimate of drug-likeness (QED) is 0.176. The molecule has 0 atom stereocenters. The second-order valence-electron chi connectivity index (χ2n) is 7.79. The molecule has 4 aromatic rings. The Labute approximate surface area is 190 Å². The zero-order chi connectivity index (χ0) is 23.5. The van der Waals surface area contributed by atoms with E-state index in [4.69, 9.17) is 15.2 Å². The van der Waals surface area contributed by atoms with E-state index in [-0.39, 0.29) is 22.4 Å². The molecule has 0 saturated carbocycles. The molecule has 1 amide bonds. The monoisotopic (exact) mass is 447 g/mol. The number of unbranched alkanes of at least 4 members (excludes halogenated alkanes) is 3. The molecule has 8 nitrogen and oxygen atoms in total. The van der Waals surface area contributed by atoms with Crippen molar-refractivity contribution in [1.29, 1.82) is 0 Å². The Balaban J connectivity index is 1.87. The van der Waals surface area contributed by atoms with Gasteiger partial charge in [0, 0.05) is 16.8 Å². The summed E-state index contributed by atoms with van der Waals surface area (Å²) in [5, 5.41) is 11.8. The van der Waals surface area contributed by atoms with Crippen molar-refractivity contribution in [2.75, 3.05) is 13.7 Å². The number of hydrogen-bond donors (Lipinski definition) is 2. The van der Waals surface area contributed by atoms with Gasteiger partial charge in [0.25, 0.3) is 5.91 Å². The van der Waals surface area contributed by atoms with Crippen LogP contribution < -0.4 is 10.5 Å². The fraction of sp³-hybridized carbons (Fsp3) is 0.280. The van der Waals surface area contributed by atoms with E-state index in [0.29, 0.717) is 39.7 Å². The largest absolute Gasteiger partial charge is 0.506 e. The van der Waals surface area contributed by atoms with E-state index in [1.54, 1.807) is 30.3 Å². The molecule has 0 bridgehead atoms. The first-order valence-electron chi connectivity index (χ1n) is 10.9. The molecule has 0 aliphatic rings. The van der Waals surface area contributed by atoms with Crippen molar-refractivity contribution < 1.29 is 24.2 Å². The average molecular weight is 447 g/mol. The van der Waals surface area contributed by atoms with Gasteiger partial charge in [0.1, 0.15) is 28.1 Å². The molecule has 33 heavy (non-hydrogen) atoms. The third-order valence-electron chi connectivity index (χ3n) is 5.59. The van der Waals surface area contributed by atoms with Crippen molar-refractivity contribution in [1.82, 2.24) is 9.97 Å². The number of esters is 1. The SMILES string of the molecule is CCCCCCOC(=O)c1cc2nc3c(C(N)=O)c(O)c4ccccc4c3nc2cc1OC. The molecular formula is C25H25N3O5. The summed E-state index contributed by atoms with van der Waals surface area (Å²) in [6, 6.07) is 10.1. The van der Waals surface area contributed by atoms with Gasteiger partial charge >= 0.3 is 5.97 Å². The van der Waals surface area contributed by atoms with Crippen LogP contribution in [-0.4, -0.2) is 40.7 Å². The minimum atomic E-state index is -0.822. The fourth-order valence-corrected chi connectivity index (χ4v) is 3.92. The van der Waals surface area contributed by atoms with Crippen molar-refractivity contribution in [2.45, 2.75) is 32.6 Å². The number of aromatic hydroxyl groups is 1. The van der Waals surface area contributed by atoms with Crippen LogP contribution in [0.5, 0.6) is 11.5 Å². The summed E-state index contributed by atoms with van der Waals surface area (Å²) in [6.45, 7) is 2.43. The van der Waals surface area contributed by atoms with Gasteiger partial charge in [-0.1, -0.05) is 50.5 Å². The van der Waals surface area contributed by atoms with Gasteiger partial charge in [0.2, 0.25) is 0 Å². The summed E-state index contributed by atoms with van der Waals surface area (Å²) in [5.74, 6) is -1.28. The van der Waals surface area contributed by atoms with Crippen LogP contribution in [0.3, 0.4) is 0 Å². The van der Waals surface area contributed by atoms with Crippen molar-refractivity contribution in [3.8, 4) is 11.5 Å². The highest BCUT2D eigenvalue weighted by molar-refractivity contribution is 6.19. The lowest BCUT2D eigenvalue weighted by Crippen LogP contribution is -2.13. The normalized spacial score (nSPS) is 11.2. The average Bonchev–Trinajstić information content (AvgIpc) is 2.82. The molecular weight excluding hydrogens is 422 g/mol. The van der Waals surface area contributed by atoms with Gasteiger partial charge in [-0.3, -0.25) is 4.79 Å². The first-order chi connectivity index (χ1) is 16.0. The summed E-state index contributed by atoms with van der Waals surface area (Å²) in [5.41, 5.74) is 7.05. The number of phenols is 1. The highest BCUT2D eigenvalue weighted by Crippen LogP contribution is 2.37. The number of fused-ring (bicyclic) bond motifs is 4. The number of aromatic nitrogens is 2. The number of benzene rings is 3. The molecule has 0 unspecified atom stereocenters. The van der Waals surface area contributed by atoms with Gasteiger partial charge < -0.3 is 20.3 Å². The number of ether oxygens (including phenoxy) is 2. The smallest absolute Gasteiger partial charge is 0.341 e. The van der Waals surface area contributed by atoms with Crippen LogP contribution >= 0.6 is 0 Å². The molecule has 0 saturated heterocycles. The van der Waals surface area contributed by atoms with E-state index in [1.165, 1.54) is 13.2 Å². The minimum Gasteiger partial charge on any atom is -0.506 e. The first-order valence-corrected chi connectivity index (χ1v) is 10.9. The van der Waals surface area contributed by atoms with E-state index in [9.17, 15) is 14.7 Å². The number of rotatable bonds is 8. The standard InChI is InChI=1S/C25H25N3O5/c1-3-4-5-8-11-33-25(31)16-12-17-18(13-19(16)32-2)27-21-14-9-6-7-10-15(14)23(29)20(24(26)30)22(21)28-17/h6-7,9-10,12-13,29H,3-5,8,11H2,1-2H3,(H2,26,30). The Kier molecular flexibility index (Phi) is 6.26. The van der Waals surface area contributed by atoms with Crippen LogP contribution in [0.1, 0.15) is 53.3 Å². The lowest BCUT2D eigenvalue weighted by Gasteiger charge is -2.13. The Morgan fingerprint density at radius 3 is 2.39 bits per heavy atom. The van der Waals surface area contributed by atoms with Crippen molar-refractivity contribution in [2.24, 2.45) is 5.73 Å². The van der Waals surface area contributed by atoms with Crippen LogP contribution in [0.15, 0.2) is 36.4 Å². The van der Waals surface area contributed by atoms with Gasteiger partial charge in [0.15, 0.2) is 0 Å². The predicted octanol–water partition coefficient (Wildman–Crippen LogP) is 4.49. The Bertz CT molecular complexity index is 1380. The first kappa shape index (κ1) is 22.3. The third kappa shape index (κ3) is 4.11. The number of hydrogen-bond acceptors (Lipinski definition) is 7. The van der Waals surface area contributed by atoms with Crippen LogP contribution in [0.2, 0.25) is 0 Å². The molecule has 8 heteroatoms. The van der Waals surface area contributed by atoms with Crippen LogP contribution in [-0.2, 0) is 4.74 Å². The molecule has 170 valence electrons. The maximum Gasteiger partial charge on any atom is 0.341 e. The summed E-state index contributed by atoms with van der Waals surface area (Å²) < 4.78 is 10.8.